The average Bonchev–Trinajstić information content (AvgIpc) is 2.15. The fourth-order valence-corrected chi connectivity index (χ4v) is 1.49. The molecule has 0 aromatic carbocycles. The van der Waals surface area contributed by atoms with Crippen molar-refractivity contribution in [2.45, 2.75) is 37.1 Å². The standard InChI is InChI=1S/C8H16O6/c1-8(12)4(3-9)14-7(13-2)5(10)6(8)11/h4-7,9-12H,3H2,1-2H3/t4-,5-,6-,7-,8+/m1/s1. The van der Waals surface area contributed by atoms with Crippen LogP contribution in [0.3, 0.4) is 0 Å². The highest BCUT2D eigenvalue weighted by Gasteiger charge is 2.51. The summed E-state index contributed by atoms with van der Waals surface area (Å²) in [4.78, 5) is 0. The lowest BCUT2D eigenvalue weighted by Gasteiger charge is -2.45. The molecule has 1 aliphatic rings. The number of methoxy groups -OCH3 is 1. The molecular weight excluding hydrogens is 192 g/mol. The fourth-order valence-electron chi connectivity index (χ4n) is 1.49. The van der Waals surface area contributed by atoms with Crippen LogP contribution >= 0.6 is 0 Å². The molecule has 5 atom stereocenters. The van der Waals surface area contributed by atoms with Gasteiger partial charge in [0.1, 0.15) is 23.9 Å². The van der Waals surface area contributed by atoms with E-state index in [1.165, 1.54) is 14.0 Å². The van der Waals surface area contributed by atoms with Gasteiger partial charge in [0.05, 0.1) is 6.61 Å². The van der Waals surface area contributed by atoms with E-state index in [2.05, 4.69) is 0 Å². The summed E-state index contributed by atoms with van der Waals surface area (Å²) in [6.45, 7) is 0.824. The maximum atomic E-state index is 9.74. The van der Waals surface area contributed by atoms with E-state index < -0.39 is 36.8 Å². The van der Waals surface area contributed by atoms with Gasteiger partial charge in [-0.15, -0.1) is 0 Å². The molecule has 6 heteroatoms. The van der Waals surface area contributed by atoms with Crippen LogP contribution in [0.4, 0.5) is 0 Å². The summed E-state index contributed by atoms with van der Waals surface area (Å²) >= 11 is 0. The summed E-state index contributed by atoms with van der Waals surface area (Å²) in [5.74, 6) is 0. The zero-order chi connectivity index (χ0) is 10.9. The van der Waals surface area contributed by atoms with Crippen molar-refractivity contribution in [1.29, 1.82) is 0 Å². The highest BCUT2D eigenvalue weighted by atomic mass is 16.7. The quantitative estimate of drug-likeness (QED) is 0.412. The van der Waals surface area contributed by atoms with Crippen LogP contribution in [0.25, 0.3) is 0 Å². The van der Waals surface area contributed by atoms with Crippen molar-refractivity contribution in [3.05, 3.63) is 0 Å². The van der Waals surface area contributed by atoms with E-state index in [1.807, 2.05) is 0 Å². The molecule has 1 saturated heterocycles. The van der Waals surface area contributed by atoms with Gasteiger partial charge in [-0.2, -0.15) is 0 Å². The summed E-state index contributed by atoms with van der Waals surface area (Å²) in [6, 6.07) is 0. The number of hydrogen-bond acceptors (Lipinski definition) is 6. The number of aliphatic hydroxyl groups excluding tert-OH is 3. The van der Waals surface area contributed by atoms with Crippen LogP contribution in [0.1, 0.15) is 6.92 Å². The van der Waals surface area contributed by atoms with Gasteiger partial charge in [-0.1, -0.05) is 0 Å². The van der Waals surface area contributed by atoms with Crippen molar-refractivity contribution in [3.8, 4) is 0 Å². The second-order valence-electron chi connectivity index (χ2n) is 3.57. The van der Waals surface area contributed by atoms with Gasteiger partial charge in [0.2, 0.25) is 0 Å². The van der Waals surface area contributed by atoms with Crippen LogP contribution in [0.5, 0.6) is 0 Å². The molecule has 0 aromatic heterocycles. The molecule has 6 nitrogen and oxygen atoms in total. The maximum Gasteiger partial charge on any atom is 0.186 e. The Morgan fingerprint density at radius 3 is 2.43 bits per heavy atom. The van der Waals surface area contributed by atoms with Crippen LogP contribution in [-0.4, -0.2) is 64.3 Å². The summed E-state index contributed by atoms with van der Waals surface area (Å²) in [5, 5.41) is 37.6. The van der Waals surface area contributed by atoms with Crippen molar-refractivity contribution < 1.29 is 29.9 Å². The summed E-state index contributed by atoms with van der Waals surface area (Å²) in [6.07, 6.45) is -4.77. The van der Waals surface area contributed by atoms with Crippen molar-refractivity contribution in [2.75, 3.05) is 13.7 Å². The molecule has 0 radical (unpaired) electrons. The maximum absolute atomic E-state index is 9.74. The minimum absolute atomic E-state index is 0.462. The van der Waals surface area contributed by atoms with E-state index in [0.29, 0.717) is 0 Å². The van der Waals surface area contributed by atoms with Crippen LogP contribution in [0, 0.1) is 0 Å². The Hall–Kier alpha value is -0.240. The molecule has 0 unspecified atom stereocenters. The molecular formula is C8H16O6. The average molecular weight is 208 g/mol. The van der Waals surface area contributed by atoms with Crippen molar-refractivity contribution in [2.24, 2.45) is 0 Å². The molecule has 1 aliphatic heterocycles. The molecule has 1 heterocycles. The molecule has 0 bridgehead atoms. The number of aliphatic hydroxyl groups is 4. The molecule has 0 spiro atoms. The minimum atomic E-state index is -1.69. The zero-order valence-electron chi connectivity index (χ0n) is 8.12. The Labute approximate surface area is 81.7 Å². The monoisotopic (exact) mass is 208 g/mol. The fraction of sp³-hybridized carbons (Fsp3) is 1.00. The predicted molar refractivity (Wildman–Crippen MR) is 45.4 cm³/mol. The number of rotatable bonds is 2. The summed E-state index contributed by atoms with van der Waals surface area (Å²) < 4.78 is 9.80. The Bertz CT molecular complexity index is 190. The lowest BCUT2D eigenvalue weighted by atomic mass is 9.86. The third-order valence-corrected chi connectivity index (χ3v) is 2.55. The SMILES string of the molecule is CO[C@@H]1O[C@H](CO)[C@](C)(O)[C@H](O)[C@H]1O. The lowest BCUT2D eigenvalue weighted by molar-refractivity contribution is -0.322. The molecule has 0 aliphatic carbocycles. The summed E-state index contributed by atoms with van der Waals surface area (Å²) in [7, 11) is 1.30. The van der Waals surface area contributed by atoms with Gasteiger partial charge in [0, 0.05) is 7.11 Å². The second kappa shape index (κ2) is 4.09. The van der Waals surface area contributed by atoms with E-state index in [1.54, 1.807) is 0 Å². The van der Waals surface area contributed by atoms with E-state index in [0.717, 1.165) is 0 Å². The smallest absolute Gasteiger partial charge is 0.186 e. The van der Waals surface area contributed by atoms with Gasteiger partial charge in [-0.3, -0.25) is 0 Å². The third kappa shape index (κ3) is 1.77. The first kappa shape index (κ1) is 11.8. The highest BCUT2D eigenvalue weighted by Crippen LogP contribution is 2.29. The van der Waals surface area contributed by atoms with Gasteiger partial charge in [0.25, 0.3) is 0 Å². The molecule has 4 N–H and O–H groups in total. The van der Waals surface area contributed by atoms with E-state index in [4.69, 9.17) is 14.6 Å². The Kier molecular flexibility index (Phi) is 3.46. The van der Waals surface area contributed by atoms with Crippen LogP contribution in [0.2, 0.25) is 0 Å². The molecule has 1 rings (SSSR count). The minimum Gasteiger partial charge on any atom is -0.394 e. The van der Waals surface area contributed by atoms with Gasteiger partial charge in [-0.25, -0.2) is 0 Å². The Morgan fingerprint density at radius 1 is 1.43 bits per heavy atom. The second-order valence-corrected chi connectivity index (χ2v) is 3.57. The first-order chi connectivity index (χ1) is 6.45. The number of ether oxygens (including phenoxy) is 2. The van der Waals surface area contributed by atoms with Crippen molar-refractivity contribution in [3.63, 3.8) is 0 Å². The topological polar surface area (TPSA) is 99.4 Å². The zero-order valence-corrected chi connectivity index (χ0v) is 8.12. The van der Waals surface area contributed by atoms with Crippen LogP contribution < -0.4 is 0 Å². The lowest BCUT2D eigenvalue weighted by Crippen LogP contribution is -2.65. The van der Waals surface area contributed by atoms with Gasteiger partial charge in [-0.05, 0) is 6.92 Å². The van der Waals surface area contributed by atoms with Gasteiger partial charge in [0.15, 0.2) is 6.29 Å². The van der Waals surface area contributed by atoms with Gasteiger partial charge >= 0.3 is 0 Å². The van der Waals surface area contributed by atoms with Crippen LogP contribution in [-0.2, 0) is 9.47 Å². The molecule has 84 valence electrons. The van der Waals surface area contributed by atoms with Crippen molar-refractivity contribution in [1.82, 2.24) is 0 Å². The normalized spacial score (nSPS) is 49.3. The van der Waals surface area contributed by atoms with E-state index in [9.17, 15) is 15.3 Å². The van der Waals surface area contributed by atoms with E-state index >= 15 is 0 Å². The molecule has 0 saturated carbocycles. The molecule has 1 fully saturated rings. The van der Waals surface area contributed by atoms with E-state index in [-0.39, 0.29) is 0 Å². The van der Waals surface area contributed by atoms with Gasteiger partial charge < -0.3 is 29.9 Å². The predicted octanol–water partition coefficient (Wildman–Crippen LogP) is -2.18. The van der Waals surface area contributed by atoms with Crippen molar-refractivity contribution >= 4 is 0 Å². The number of hydrogen-bond donors (Lipinski definition) is 4. The Balaban J connectivity index is 2.83. The summed E-state index contributed by atoms with van der Waals surface area (Å²) in [5.41, 5.74) is -1.69. The highest BCUT2D eigenvalue weighted by molar-refractivity contribution is 4.98. The molecule has 14 heavy (non-hydrogen) atoms. The largest absolute Gasteiger partial charge is 0.394 e. The first-order valence-corrected chi connectivity index (χ1v) is 4.32. The van der Waals surface area contributed by atoms with Crippen LogP contribution in [0.15, 0.2) is 0 Å². The molecule has 0 amide bonds. The first-order valence-electron chi connectivity index (χ1n) is 4.32. The third-order valence-electron chi connectivity index (χ3n) is 2.55. The molecule has 0 aromatic rings. The Morgan fingerprint density at radius 2 is 2.00 bits per heavy atom.